The van der Waals surface area contributed by atoms with Crippen LogP contribution in [0.1, 0.15) is 40.5 Å². The number of benzene rings is 1. The third kappa shape index (κ3) is 4.01. The van der Waals surface area contributed by atoms with Crippen molar-refractivity contribution in [2.24, 2.45) is 0 Å². The molecule has 1 aromatic heterocycles. The molecule has 0 saturated heterocycles. The third-order valence-electron chi connectivity index (χ3n) is 3.91. The Morgan fingerprint density at radius 3 is 2.57 bits per heavy atom. The lowest BCUT2D eigenvalue weighted by Gasteiger charge is -2.15. The van der Waals surface area contributed by atoms with Crippen LogP contribution in [0.5, 0.6) is 5.75 Å². The highest BCUT2D eigenvalue weighted by atomic mass is 16.5. The van der Waals surface area contributed by atoms with Crippen LogP contribution in [0, 0.1) is 0 Å². The minimum atomic E-state index is 0.204. The lowest BCUT2D eigenvalue weighted by Crippen LogP contribution is -2.30. The van der Waals surface area contributed by atoms with Crippen LogP contribution in [0.4, 0.5) is 0 Å². The molecule has 1 N–H and O–H groups in total. The summed E-state index contributed by atoms with van der Waals surface area (Å²) in [7, 11) is 0. The van der Waals surface area contributed by atoms with E-state index < -0.39 is 0 Å². The van der Waals surface area contributed by atoms with Crippen molar-refractivity contribution in [3.63, 3.8) is 0 Å². The molecule has 0 spiro atoms. The van der Waals surface area contributed by atoms with Gasteiger partial charge in [-0.2, -0.15) is 0 Å². The summed E-state index contributed by atoms with van der Waals surface area (Å²) in [5.74, 6) is 0.981. The standard InChI is InChI=1S/C18H28N2O/c1-5-15(6-2)19-11-13-20-12-10-16-17(20)8-7-9-18(16)21-14(3)4/h7-10,12,14-15,19H,5-6,11,13H2,1-4H3. The molecular formula is C18H28N2O. The van der Waals surface area contributed by atoms with E-state index in [9.17, 15) is 0 Å². The smallest absolute Gasteiger partial charge is 0.129 e. The lowest BCUT2D eigenvalue weighted by molar-refractivity contribution is 0.245. The second-order valence-corrected chi connectivity index (χ2v) is 5.83. The second-order valence-electron chi connectivity index (χ2n) is 5.83. The zero-order valence-corrected chi connectivity index (χ0v) is 13.7. The predicted octanol–water partition coefficient (Wildman–Crippen LogP) is 4.21. The van der Waals surface area contributed by atoms with Crippen molar-refractivity contribution in [1.29, 1.82) is 0 Å². The van der Waals surface area contributed by atoms with E-state index in [2.05, 4.69) is 68.0 Å². The molecule has 0 fully saturated rings. The van der Waals surface area contributed by atoms with Crippen LogP contribution in [-0.4, -0.2) is 23.3 Å². The molecular weight excluding hydrogens is 260 g/mol. The maximum Gasteiger partial charge on any atom is 0.129 e. The monoisotopic (exact) mass is 288 g/mol. The van der Waals surface area contributed by atoms with Crippen molar-refractivity contribution in [3.8, 4) is 5.75 Å². The fourth-order valence-electron chi connectivity index (χ4n) is 2.71. The number of aromatic nitrogens is 1. The maximum absolute atomic E-state index is 5.89. The molecule has 0 bridgehead atoms. The van der Waals surface area contributed by atoms with Gasteiger partial charge in [-0.25, -0.2) is 0 Å². The van der Waals surface area contributed by atoms with Gasteiger partial charge in [-0.15, -0.1) is 0 Å². The van der Waals surface area contributed by atoms with Crippen molar-refractivity contribution >= 4 is 10.9 Å². The Morgan fingerprint density at radius 2 is 1.90 bits per heavy atom. The van der Waals surface area contributed by atoms with Crippen LogP contribution in [0.25, 0.3) is 10.9 Å². The molecule has 0 amide bonds. The molecule has 0 unspecified atom stereocenters. The Labute approximate surface area is 128 Å². The normalized spacial score (nSPS) is 11.7. The number of hydrogen-bond acceptors (Lipinski definition) is 2. The summed E-state index contributed by atoms with van der Waals surface area (Å²) in [6.45, 7) is 10.6. The fraction of sp³-hybridized carbons (Fsp3) is 0.556. The molecule has 0 aliphatic carbocycles. The van der Waals surface area contributed by atoms with E-state index in [0.717, 1.165) is 18.8 Å². The summed E-state index contributed by atoms with van der Waals surface area (Å²) in [6, 6.07) is 9.08. The Balaban J connectivity index is 2.08. The van der Waals surface area contributed by atoms with Crippen LogP contribution >= 0.6 is 0 Å². The largest absolute Gasteiger partial charge is 0.490 e. The number of nitrogens with one attached hydrogen (secondary N) is 1. The van der Waals surface area contributed by atoms with E-state index in [1.54, 1.807) is 0 Å². The highest BCUT2D eigenvalue weighted by Gasteiger charge is 2.08. The first-order valence-corrected chi connectivity index (χ1v) is 8.13. The van der Waals surface area contributed by atoms with Crippen molar-refractivity contribution in [3.05, 3.63) is 30.5 Å². The quantitative estimate of drug-likeness (QED) is 0.787. The molecule has 0 radical (unpaired) electrons. The molecule has 0 aliphatic rings. The number of nitrogens with zero attached hydrogens (tertiary/aromatic N) is 1. The van der Waals surface area contributed by atoms with E-state index >= 15 is 0 Å². The fourth-order valence-corrected chi connectivity index (χ4v) is 2.71. The van der Waals surface area contributed by atoms with Crippen molar-refractivity contribution in [2.45, 2.75) is 59.2 Å². The molecule has 3 heteroatoms. The summed E-state index contributed by atoms with van der Waals surface area (Å²) in [5.41, 5.74) is 1.25. The molecule has 2 aromatic rings. The Kier molecular flexibility index (Phi) is 5.68. The number of ether oxygens (including phenoxy) is 1. The zero-order valence-electron chi connectivity index (χ0n) is 13.7. The zero-order chi connectivity index (χ0) is 15.2. The van der Waals surface area contributed by atoms with E-state index in [1.807, 2.05) is 0 Å². The SMILES string of the molecule is CCC(CC)NCCn1ccc2c(OC(C)C)cccc21. The summed E-state index contributed by atoms with van der Waals surface area (Å²) in [6.07, 6.45) is 4.74. The topological polar surface area (TPSA) is 26.2 Å². The Morgan fingerprint density at radius 1 is 1.14 bits per heavy atom. The summed E-state index contributed by atoms with van der Waals surface area (Å²) < 4.78 is 8.19. The predicted molar refractivity (Wildman–Crippen MR) is 90.1 cm³/mol. The second kappa shape index (κ2) is 7.51. The van der Waals surface area contributed by atoms with Crippen molar-refractivity contribution in [2.75, 3.05) is 6.54 Å². The number of hydrogen-bond donors (Lipinski definition) is 1. The summed E-state index contributed by atoms with van der Waals surface area (Å²) >= 11 is 0. The van der Waals surface area contributed by atoms with Gasteiger partial charge < -0.3 is 14.6 Å². The van der Waals surface area contributed by atoms with Gasteiger partial charge in [-0.05, 0) is 44.9 Å². The summed E-state index contributed by atoms with van der Waals surface area (Å²) in [4.78, 5) is 0. The van der Waals surface area contributed by atoms with Gasteiger partial charge in [0.15, 0.2) is 0 Å². The van der Waals surface area contributed by atoms with Gasteiger partial charge in [0.1, 0.15) is 5.75 Å². The van der Waals surface area contributed by atoms with Crippen LogP contribution in [0.15, 0.2) is 30.5 Å². The Bertz CT molecular complexity index is 555. The van der Waals surface area contributed by atoms with Gasteiger partial charge in [0, 0.05) is 30.7 Å². The Hall–Kier alpha value is -1.48. The maximum atomic E-state index is 5.89. The van der Waals surface area contributed by atoms with Crippen LogP contribution in [-0.2, 0) is 6.54 Å². The van der Waals surface area contributed by atoms with Crippen LogP contribution in [0.3, 0.4) is 0 Å². The van der Waals surface area contributed by atoms with E-state index in [0.29, 0.717) is 6.04 Å². The van der Waals surface area contributed by atoms with Crippen molar-refractivity contribution in [1.82, 2.24) is 9.88 Å². The minimum absolute atomic E-state index is 0.204. The highest BCUT2D eigenvalue weighted by molar-refractivity contribution is 5.86. The van der Waals surface area contributed by atoms with Crippen LogP contribution < -0.4 is 10.1 Å². The number of fused-ring (bicyclic) bond motifs is 1. The average Bonchev–Trinajstić information content (AvgIpc) is 2.87. The highest BCUT2D eigenvalue weighted by Crippen LogP contribution is 2.27. The molecule has 1 aromatic carbocycles. The van der Waals surface area contributed by atoms with E-state index in [1.165, 1.54) is 23.7 Å². The molecule has 0 saturated carbocycles. The lowest BCUT2D eigenvalue weighted by atomic mass is 10.2. The van der Waals surface area contributed by atoms with E-state index in [4.69, 9.17) is 4.74 Å². The van der Waals surface area contributed by atoms with Gasteiger partial charge in [0.05, 0.1) is 11.6 Å². The van der Waals surface area contributed by atoms with Gasteiger partial charge in [-0.3, -0.25) is 0 Å². The molecule has 0 aliphatic heterocycles. The molecule has 0 atom stereocenters. The number of rotatable bonds is 8. The first-order chi connectivity index (χ1) is 10.2. The van der Waals surface area contributed by atoms with Gasteiger partial charge >= 0.3 is 0 Å². The minimum Gasteiger partial charge on any atom is -0.490 e. The summed E-state index contributed by atoms with van der Waals surface area (Å²) in [5, 5.41) is 4.82. The third-order valence-corrected chi connectivity index (χ3v) is 3.91. The van der Waals surface area contributed by atoms with Crippen LogP contribution in [0.2, 0.25) is 0 Å². The van der Waals surface area contributed by atoms with Crippen molar-refractivity contribution < 1.29 is 4.74 Å². The first kappa shape index (κ1) is 15.9. The molecule has 3 nitrogen and oxygen atoms in total. The first-order valence-electron chi connectivity index (χ1n) is 8.13. The van der Waals surface area contributed by atoms with Gasteiger partial charge in [-0.1, -0.05) is 19.9 Å². The van der Waals surface area contributed by atoms with Gasteiger partial charge in [0.2, 0.25) is 0 Å². The molecule has 21 heavy (non-hydrogen) atoms. The average molecular weight is 288 g/mol. The molecule has 2 rings (SSSR count). The van der Waals surface area contributed by atoms with Gasteiger partial charge in [0.25, 0.3) is 0 Å². The molecule has 1 heterocycles. The molecule has 116 valence electrons. The van der Waals surface area contributed by atoms with E-state index in [-0.39, 0.29) is 6.10 Å².